The van der Waals surface area contributed by atoms with Crippen LogP contribution in [0.1, 0.15) is 45.0 Å². The average molecular weight is 412 g/mol. The number of carbonyl (C=O) groups excluding carboxylic acids is 2. The number of ether oxygens (including phenoxy) is 1. The Morgan fingerprint density at radius 1 is 1.00 bits per heavy atom. The Bertz CT molecular complexity index is 856. The highest BCUT2D eigenvalue weighted by Gasteiger charge is 2.47. The van der Waals surface area contributed by atoms with Gasteiger partial charge in [-0.2, -0.15) is 0 Å². The zero-order valence-corrected chi connectivity index (χ0v) is 18.5. The molecule has 1 amide bonds. The number of hydrogen-bond donors (Lipinski definition) is 0. The molecule has 1 aliphatic rings. The van der Waals surface area contributed by atoms with Crippen LogP contribution in [0.5, 0.6) is 0 Å². The summed E-state index contributed by atoms with van der Waals surface area (Å²) < 4.78 is 5.44. The van der Waals surface area contributed by atoms with Crippen LogP contribution in [-0.4, -0.2) is 40.0 Å². The van der Waals surface area contributed by atoms with Crippen molar-refractivity contribution in [2.75, 3.05) is 5.75 Å². The first-order valence-electron chi connectivity index (χ1n) is 9.98. The highest BCUT2D eigenvalue weighted by Crippen LogP contribution is 2.41. The molecule has 154 valence electrons. The lowest BCUT2D eigenvalue weighted by Gasteiger charge is -2.36. The molecule has 0 saturated carbocycles. The summed E-state index contributed by atoms with van der Waals surface area (Å²) in [6, 6.07) is 17.1. The zero-order chi connectivity index (χ0) is 21.2. The number of esters is 1. The number of rotatable bonds is 4. The Morgan fingerprint density at radius 3 is 2.14 bits per heavy atom. The van der Waals surface area contributed by atoms with Crippen LogP contribution < -0.4 is 0 Å². The molecule has 0 spiro atoms. The molecule has 3 rings (SSSR count). The molecule has 0 aliphatic carbocycles. The van der Waals surface area contributed by atoms with Crippen LogP contribution in [0, 0.1) is 5.41 Å². The average Bonchev–Trinajstić information content (AvgIpc) is 3.13. The van der Waals surface area contributed by atoms with Gasteiger partial charge in [0.1, 0.15) is 6.04 Å². The van der Waals surface area contributed by atoms with Crippen molar-refractivity contribution in [2.45, 2.75) is 52.1 Å². The summed E-state index contributed by atoms with van der Waals surface area (Å²) in [7, 11) is 0. The largest absolute Gasteiger partial charge is 0.461 e. The van der Waals surface area contributed by atoms with Crippen molar-refractivity contribution in [2.24, 2.45) is 5.41 Å². The van der Waals surface area contributed by atoms with Gasteiger partial charge in [-0.05, 0) is 42.5 Å². The van der Waals surface area contributed by atoms with Crippen molar-refractivity contribution in [1.82, 2.24) is 4.90 Å². The minimum absolute atomic E-state index is 0.0893. The minimum Gasteiger partial charge on any atom is -0.461 e. The van der Waals surface area contributed by atoms with Gasteiger partial charge in [-0.1, -0.05) is 63.2 Å². The molecular formula is C24H29NO3S. The van der Waals surface area contributed by atoms with Crippen LogP contribution in [0.2, 0.25) is 0 Å². The summed E-state index contributed by atoms with van der Waals surface area (Å²) >= 11 is 1.65. The van der Waals surface area contributed by atoms with Gasteiger partial charge in [0.25, 0.3) is 5.91 Å². The van der Waals surface area contributed by atoms with Crippen molar-refractivity contribution >= 4 is 23.6 Å². The number of hydrogen-bond acceptors (Lipinski definition) is 4. The van der Waals surface area contributed by atoms with E-state index in [9.17, 15) is 9.59 Å². The van der Waals surface area contributed by atoms with Gasteiger partial charge in [0.15, 0.2) is 0 Å². The Labute approximate surface area is 177 Å². The monoisotopic (exact) mass is 411 g/mol. The molecule has 1 fully saturated rings. The lowest BCUT2D eigenvalue weighted by molar-refractivity contribution is -0.152. The van der Waals surface area contributed by atoms with Crippen LogP contribution in [0.15, 0.2) is 54.6 Å². The summed E-state index contributed by atoms with van der Waals surface area (Å²) in [6.07, 6.45) is -0.205. The topological polar surface area (TPSA) is 46.6 Å². The second kappa shape index (κ2) is 8.62. The molecule has 1 aliphatic heterocycles. The number of benzene rings is 2. The van der Waals surface area contributed by atoms with Gasteiger partial charge < -0.3 is 9.64 Å². The summed E-state index contributed by atoms with van der Waals surface area (Å²) in [4.78, 5) is 27.9. The fourth-order valence-electron chi connectivity index (χ4n) is 3.50. The standard InChI is InChI=1S/C24H29NO3S/c1-16(2)28-22(27)20-15-29-23(24(3,4)5)25(20)21(26)19-13-11-18(12-14-19)17-9-7-6-8-10-17/h6-14,16,20,23H,15H2,1-5H3. The quantitative estimate of drug-likeness (QED) is 0.646. The van der Waals surface area contributed by atoms with E-state index in [4.69, 9.17) is 4.74 Å². The van der Waals surface area contributed by atoms with Crippen LogP contribution in [0.3, 0.4) is 0 Å². The van der Waals surface area contributed by atoms with Crippen LogP contribution >= 0.6 is 11.8 Å². The maximum Gasteiger partial charge on any atom is 0.330 e. The van der Waals surface area contributed by atoms with Crippen molar-refractivity contribution < 1.29 is 14.3 Å². The summed E-state index contributed by atoms with van der Waals surface area (Å²) in [5.74, 6) is 0.107. The van der Waals surface area contributed by atoms with Gasteiger partial charge in [0.05, 0.1) is 11.5 Å². The van der Waals surface area contributed by atoms with Crippen LogP contribution in [0.4, 0.5) is 0 Å². The molecule has 29 heavy (non-hydrogen) atoms. The van der Waals surface area contributed by atoms with Gasteiger partial charge in [-0.3, -0.25) is 4.79 Å². The third kappa shape index (κ3) is 4.84. The maximum atomic E-state index is 13.5. The molecule has 2 atom stereocenters. The first-order valence-corrected chi connectivity index (χ1v) is 11.0. The van der Waals surface area contributed by atoms with E-state index < -0.39 is 6.04 Å². The van der Waals surface area contributed by atoms with E-state index in [1.807, 2.05) is 68.4 Å². The van der Waals surface area contributed by atoms with Crippen LogP contribution in [0.25, 0.3) is 11.1 Å². The predicted octanol–water partition coefficient (Wildman–Crippen LogP) is 5.24. The number of amides is 1. The third-order valence-corrected chi connectivity index (χ3v) is 6.60. The normalized spacial score (nSPS) is 19.4. The van der Waals surface area contributed by atoms with E-state index in [-0.39, 0.29) is 28.8 Å². The molecular weight excluding hydrogens is 382 g/mol. The molecule has 0 aromatic heterocycles. The third-order valence-electron chi connectivity index (χ3n) is 4.84. The fraction of sp³-hybridized carbons (Fsp3) is 0.417. The van der Waals surface area contributed by atoms with Crippen LogP contribution in [-0.2, 0) is 9.53 Å². The lowest BCUT2D eigenvalue weighted by atomic mass is 9.94. The van der Waals surface area contributed by atoms with Gasteiger partial charge in [0, 0.05) is 11.3 Å². The highest BCUT2D eigenvalue weighted by atomic mass is 32.2. The predicted molar refractivity (Wildman–Crippen MR) is 119 cm³/mol. The zero-order valence-electron chi connectivity index (χ0n) is 17.7. The second-order valence-corrected chi connectivity index (χ2v) is 9.82. The number of carbonyl (C=O) groups is 2. The number of thioether (sulfide) groups is 1. The smallest absolute Gasteiger partial charge is 0.330 e. The van der Waals surface area contributed by atoms with Gasteiger partial charge in [-0.25, -0.2) is 4.79 Å². The summed E-state index contributed by atoms with van der Waals surface area (Å²) in [5.41, 5.74) is 2.59. The molecule has 1 saturated heterocycles. The van der Waals surface area contributed by atoms with Gasteiger partial charge >= 0.3 is 5.97 Å². The summed E-state index contributed by atoms with van der Waals surface area (Å²) in [5, 5.41) is -0.0893. The van der Waals surface area contributed by atoms with E-state index in [0.29, 0.717) is 11.3 Å². The first-order chi connectivity index (χ1) is 13.7. The van der Waals surface area contributed by atoms with E-state index in [1.165, 1.54) is 0 Å². The molecule has 0 bridgehead atoms. The van der Waals surface area contributed by atoms with E-state index >= 15 is 0 Å². The molecule has 2 aromatic rings. The van der Waals surface area contributed by atoms with Gasteiger partial charge in [0.2, 0.25) is 0 Å². The molecule has 4 nitrogen and oxygen atoms in total. The van der Waals surface area contributed by atoms with Gasteiger partial charge in [-0.15, -0.1) is 11.8 Å². The molecule has 2 aromatic carbocycles. The molecule has 5 heteroatoms. The highest BCUT2D eigenvalue weighted by molar-refractivity contribution is 8.00. The number of nitrogens with zero attached hydrogens (tertiary/aromatic N) is 1. The van der Waals surface area contributed by atoms with Crippen molar-refractivity contribution in [3.05, 3.63) is 60.2 Å². The Balaban J connectivity index is 1.89. The van der Waals surface area contributed by atoms with E-state index in [1.54, 1.807) is 16.7 Å². The lowest BCUT2D eigenvalue weighted by Crippen LogP contribution is -2.50. The van der Waals surface area contributed by atoms with E-state index in [0.717, 1.165) is 11.1 Å². The minimum atomic E-state index is -0.562. The molecule has 2 unspecified atom stereocenters. The van der Waals surface area contributed by atoms with E-state index in [2.05, 4.69) is 20.8 Å². The molecule has 0 N–H and O–H groups in total. The Morgan fingerprint density at radius 2 is 1.59 bits per heavy atom. The summed E-state index contributed by atoms with van der Waals surface area (Å²) in [6.45, 7) is 9.95. The molecule has 0 radical (unpaired) electrons. The maximum absolute atomic E-state index is 13.5. The fourth-order valence-corrected chi connectivity index (χ4v) is 5.06. The van der Waals surface area contributed by atoms with Crippen molar-refractivity contribution in [3.8, 4) is 11.1 Å². The Hall–Kier alpha value is -2.27. The molecule has 1 heterocycles. The van der Waals surface area contributed by atoms with Crippen molar-refractivity contribution in [3.63, 3.8) is 0 Å². The second-order valence-electron chi connectivity index (χ2n) is 8.71. The first kappa shape index (κ1) is 21.4. The Kier molecular flexibility index (Phi) is 6.37. The van der Waals surface area contributed by atoms with Crippen molar-refractivity contribution in [1.29, 1.82) is 0 Å². The SMILES string of the molecule is CC(C)OC(=O)C1CSC(C(C)(C)C)N1C(=O)c1ccc(-c2ccccc2)cc1.